The third-order valence-corrected chi connectivity index (χ3v) is 7.97. The SMILES string of the molecule is CCOC(=O)c1c(NC(=O)CSc2nnc3n(C)c(=O)c4ccccc4n23)sc2c1CCCC2. The number of benzene rings is 1. The maximum absolute atomic E-state index is 12.9. The Labute approximate surface area is 203 Å². The van der Waals surface area contributed by atoms with E-state index in [1.807, 2.05) is 18.2 Å². The molecule has 34 heavy (non-hydrogen) atoms. The van der Waals surface area contributed by atoms with Crippen molar-refractivity contribution in [1.82, 2.24) is 19.2 Å². The van der Waals surface area contributed by atoms with Crippen molar-refractivity contribution < 1.29 is 14.3 Å². The number of nitrogens with zero attached hydrogens (tertiary/aromatic N) is 4. The maximum Gasteiger partial charge on any atom is 0.341 e. The molecule has 4 aromatic rings. The van der Waals surface area contributed by atoms with Crippen LogP contribution in [0.2, 0.25) is 0 Å². The van der Waals surface area contributed by atoms with Gasteiger partial charge in [-0.15, -0.1) is 21.5 Å². The standard InChI is InChI=1S/C23H23N5O4S2/c1-3-32-21(31)18-14-9-5-7-11-16(14)34-19(18)24-17(29)12-33-23-26-25-22-27(2)20(30)13-8-4-6-10-15(13)28(22)23/h4,6,8,10H,3,5,7,9,11-12H2,1-2H3,(H,24,29). The first-order chi connectivity index (χ1) is 16.5. The van der Waals surface area contributed by atoms with Crippen LogP contribution in [0.5, 0.6) is 0 Å². The van der Waals surface area contributed by atoms with Crippen LogP contribution < -0.4 is 10.9 Å². The quantitative estimate of drug-likeness (QED) is 0.321. The molecule has 3 heterocycles. The van der Waals surface area contributed by atoms with E-state index in [2.05, 4.69) is 15.5 Å². The Hall–Kier alpha value is -3.18. The molecule has 5 rings (SSSR count). The summed E-state index contributed by atoms with van der Waals surface area (Å²) in [4.78, 5) is 39.3. The van der Waals surface area contributed by atoms with Gasteiger partial charge in [-0.3, -0.25) is 18.6 Å². The molecule has 0 spiro atoms. The molecule has 0 bridgehead atoms. The molecule has 0 radical (unpaired) electrons. The fourth-order valence-electron chi connectivity index (χ4n) is 4.27. The van der Waals surface area contributed by atoms with Crippen LogP contribution >= 0.6 is 23.1 Å². The number of anilines is 1. The van der Waals surface area contributed by atoms with Gasteiger partial charge < -0.3 is 10.1 Å². The van der Waals surface area contributed by atoms with E-state index >= 15 is 0 Å². The Bertz CT molecular complexity index is 1490. The normalized spacial score (nSPS) is 13.2. The summed E-state index contributed by atoms with van der Waals surface area (Å²) in [5.74, 6) is -0.161. The van der Waals surface area contributed by atoms with Gasteiger partial charge in [0, 0.05) is 11.9 Å². The third kappa shape index (κ3) is 3.88. The van der Waals surface area contributed by atoms with Crippen molar-refractivity contribution >= 4 is 56.7 Å². The Morgan fingerprint density at radius 1 is 1.21 bits per heavy atom. The first-order valence-corrected chi connectivity index (χ1v) is 12.9. The topological polar surface area (TPSA) is 108 Å². The molecule has 1 N–H and O–H groups in total. The molecule has 1 amide bonds. The van der Waals surface area contributed by atoms with Crippen molar-refractivity contribution in [2.24, 2.45) is 7.05 Å². The van der Waals surface area contributed by atoms with Crippen LogP contribution in [0.1, 0.15) is 40.6 Å². The molecule has 1 aliphatic rings. The number of thioether (sulfide) groups is 1. The van der Waals surface area contributed by atoms with Crippen LogP contribution in [0.3, 0.4) is 0 Å². The van der Waals surface area contributed by atoms with Gasteiger partial charge in [-0.1, -0.05) is 23.9 Å². The molecular formula is C23H23N5O4S2. The van der Waals surface area contributed by atoms with E-state index < -0.39 is 0 Å². The van der Waals surface area contributed by atoms with E-state index in [4.69, 9.17) is 4.74 Å². The molecule has 0 saturated heterocycles. The number of esters is 1. The van der Waals surface area contributed by atoms with Gasteiger partial charge >= 0.3 is 5.97 Å². The van der Waals surface area contributed by atoms with Crippen molar-refractivity contribution in [3.63, 3.8) is 0 Å². The molecule has 9 nitrogen and oxygen atoms in total. The summed E-state index contributed by atoms with van der Waals surface area (Å²) in [5.41, 5.74) is 2.03. The van der Waals surface area contributed by atoms with Crippen LogP contribution in [0.4, 0.5) is 5.00 Å². The Balaban J connectivity index is 1.41. The molecule has 176 valence electrons. The van der Waals surface area contributed by atoms with E-state index in [0.717, 1.165) is 36.1 Å². The van der Waals surface area contributed by atoms with Gasteiger partial charge in [0.1, 0.15) is 5.00 Å². The number of aryl methyl sites for hydroxylation is 2. The lowest BCUT2D eigenvalue weighted by atomic mass is 9.95. The number of fused-ring (bicyclic) bond motifs is 4. The first-order valence-electron chi connectivity index (χ1n) is 11.1. The van der Waals surface area contributed by atoms with Crippen molar-refractivity contribution in [3.8, 4) is 0 Å². The van der Waals surface area contributed by atoms with Gasteiger partial charge in [0.25, 0.3) is 5.56 Å². The highest BCUT2D eigenvalue weighted by molar-refractivity contribution is 7.99. The number of hydrogen-bond donors (Lipinski definition) is 1. The van der Waals surface area contributed by atoms with Crippen molar-refractivity contribution in [2.45, 2.75) is 37.8 Å². The highest BCUT2D eigenvalue weighted by Gasteiger charge is 2.27. The fourth-order valence-corrected chi connectivity index (χ4v) is 6.30. The Morgan fingerprint density at radius 3 is 2.82 bits per heavy atom. The van der Waals surface area contributed by atoms with Gasteiger partial charge in [0.15, 0.2) is 5.16 Å². The highest BCUT2D eigenvalue weighted by atomic mass is 32.2. The molecule has 3 aromatic heterocycles. The van der Waals surface area contributed by atoms with Crippen molar-refractivity contribution in [3.05, 3.63) is 50.6 Å². The first kappa shape index (κ1) is 22.6. The van der Waals surface area contributed by atoms with Crippen molar-refractivity contribution in [2.75, 3.05) is 17.7 Å². The summed E-state index contributed by atoms with van der Waals surface area (Å²) >= 11 is 2.69. The Kier molecular flexibility index (Phi) is 6.13. The van der Waals surface area contributed by atoms with Crippen molar-refractivity contribution in [1.29, 1.82) is 0 Å². The van der Waals surface area contributed by atoms with Gasteiger partial charge in [-0.05, 0) is 50.3 Å². The average Bonchev–Trinajstić information content (AvgIpc) is 3.43. The summed E-state index contributed by atoms with van der Waals surface area (Å²) in [6.07, 6.45) is 3.84. The summed E-state index contributed by atoms with van der Waals surface area (Å²) in [6, 6.07) is 7.24. The number of aromatic nitrogens is 4. The van der Waals surface area contributed by atoms with Gasteiger partial charge in [-0.25, -0.2) is 4.79 Å². The number of para-hydroxylation sites is 1. The summed E-state index contributed by atoms with van der Waals surface area (Å²) in [5, 5.41) is 12.9. The van der Waals surface area contributed by atoms with E-state index in [-0.39, 0.29) is 29.8 Å². The second kappa shape index (κ2) is 9.22. The second-order valence-electron chi connectivity index (χ2n) is 7.97. The Morgan fingerprint density at radius 2 is 2.00 bits per heavy atom. The predicted molar refractivity (Wildman–Crippen MR) is 132 cm³/mol. The van der Waals surface area contributed by atoms with Gasteiger partial charge in [0.2, 0.25) is 11.7 Å². The highest BCUT2D eigenvalue weighted by Crippen LogP contribution is 2.38. The molecule has 0 fully saturated rings. The van der Waals surface area contributed by atoms with Gasteiger partial charge in [0.05, 0.1) is 28.8 Å². The number of rotatable bonds is 6. The minimum Gasteiger partial charge on any atom is -0.462 e. The maximum atomic E-state index is 12.9. The van der Waals surface area contributed by atoms with E-state index in [9.17, 15) is 14.4 Å². The minimum absolute atomic E-state index is 0.0722. The molecule has 1 aromatic carbocycles. The monoisotopic (exact) mass is 497 g/mol. The van der Waals surface area contributed by atoms with Crippen LogP contribution in [-0.2, 0) is 29.4 Å². The number of hydrogen-bond acceptors (Lipinski definition) is 8. The number of thiophene rings is 1. The smallest absolute Gasteiger partial charge is 0.341 e. The van der Waals surface area contributed by atoms with Gasteiger partial charge in [-0.2, -0.15) is 0 Å². The zero-order chi connectivity index (χ0) is 23.8. The molecule has 0 saturated carbocycles. The number of carbonyl (C=O) groups is 2. The molecule has 0 atom stereocenters. The summed E-state index contributed by atoms with van der Waals surface area (Å²) in [6.45, 7) is 2.05. The number of nitrogens with one attached hydrogen (secondary N) is 1. The number of amides is 1. The average molecular weight is 498 g/mol. The van der Waals surface area contributed by atoms with E-state index in [1.165, 1.54) is 27.7 Å². The fraction of sp³-hybridized carbons (Fsp3) is 0.348. The van der Waals surface area contributed by atoms with E-state index in [0.29, 0.717) is 32.4 Å². The molecule has 0 unspecified atom stereocenters. The molecule has 11 heteroatoms. The van der Waals surface area contributed by atoms with Crippen LogP contribution in [0, 0.1) is 0 Å². The number of ether oxygens (including phenoxy) is 1. The van der Waals surface area contributed by atoms with Crippen LogP contribution in [-0.4, -0.2) is 43.4 Å². The van der Waals surface area contributed by atoms with Crippen LogP contribution in [0.25, 0.3) is 16.7 Å². The van der Waals surface area contributed by atoms with Crippen LogP contribution in [0.15, 0.2) is 34.2 Å². The summed E-state index contributed by atoms with van der Waals surface area (Å²) in [7, 11) is 1.65. The summed E-state index contributed by atoms with van der Waals surface area (Å²) < 4.78 is 8.49. The minimum atomic E-state index is -0.388. The lowest BCUT2D eigenvalue weighted by Gasteiger charge is -2.12. The van der Waals surface area contributed by atoms with E-state index in [1.54, 1.807) is 24.4 Å². The predicted octanol–water partition coefficient (Wildman–Crippen LogP) is 3.43. The molecule has 1 aliphatic carbocycles. The lowest BCUT2D eigenvalue weighted by molar-refractivity contribution is -0.113. The third-order valence-electron chi connectivity index (χ3n) is 5.83. The lowest BCUT2D eigenvalue weighted by Crippen LogP contribution is -2.20. The number of carbonyl (C=O) groups excluding carboxylic acids is 2. The molecule has 0 aliphatic heterocycles. The largest absolute Gasteiger partial charge is 0.462 e. The zero-order valence-electron chi connectivity index (χ0n) is 18.8. The second-order valence-corrected chi connectivity index (χ2v) is 10.0. The molecular weight excluding hydrogens is 474 g/mol. The zero-order valence-corrected chi connectivity index (χ0v) is 20.4.